The fourth-order valence-electron chi connectivity index (χ4n) is 1.81. The molecule has 0 aliphatic carbocycles. The standard InChI is InChI=1S/C15H12BrClN2/c1-10-4-2-3-5-14(10)19-15(9-18)12-8-11(16)6-7-13(12)17/h2-8,15,19H,1H3. The van der Waals surface area contributed by atoms with Gasteiger partial charge in [-0.25, -0.2) is 0 Å². The molecule has 0 spiro atoms. The Balaban J connectivity index is 2.34. The third kappa shape index (κ3) is 3.28. The number of nitriles is 1. The first-order chi connectivity index (χ1) is 9.11. The van der Waals surface area contributed by atoms with E-state index in [1.54, 1.807) is 6.07 Å². The summed E-state index contributed by atoms with van der Waals surface area (Å²) in [4.78, 5) is 0. The Hall–Kier alpha value is -1.50. The van der Waals surface area contributed by atoms with Crippen molar-refractivity contribution in [3.05, 3.63) is 63.1 Å². The van der Waals surface area contributed by atoms with Gasteiger partial charge < -0.3 is 5.32 Å². The van der Waals surface area contributed by atoms with Gasteiger partial charge in [0, 0.05) is 20.7 Å². The maximum absolute atomic E-state index is 9.36. The second-order valence-corrected chi connectivity index (χ2v) is 5.51. The Kier molecular flexibility index (Phi) is 4.47. The van der Waals surface area contributed by atoms with Crippen LogP contribution < -0.4 is 5.32 Å². The molecule has 1 atom stereocenters. The topological polar surface area (TPSA) is 35.8 Å². The molecule has 2 rings (SSSR count). The monoisotopic (exact) mass is 334 g/mol. The van der Waals surface area contributed by atoms with E-state index in [0.29, 0.717) is 5.02 Å². The molecule has 0 fully saturated rings. The predicted molar refractivity (Wildman–Crippen MR) is 82.3 cm³/mol. The van der Waals surface area contributed by atoms with Crippen molar-refractivity contribution in [1.82, 2.24) is 0 Å². The van der Waals surface area contributed by atoms with Crippen LogP contribution in [0.4, 0.5) is 5.69 Å². The fourth-order valence-corrected chi connectivity index (χ4v) is 2.41. The molecule has 96 valence electrons. The van der Waals surface area contributed by atoms with E-state index in [-0.39, 0.29) is 0 Å². The number of hydrogen-bond acceptors (Lipinski definition) is 2. The molecule has 0 radical (unpaired) electrons. The fraction of sp³-hybridized carbons (Fsp3) is 0.133. The molecule has 0 aromatic heterocycles. The smallest absolute Gasteiger partial charge is 0.141 e. The molecule has 0 heterocycles. The number of nitrogens with one attached hydrogen (secondary N) is 1. The van der Waals surface area contributed by atoms with Crippen LogP contribution in [0.15, 0.2) is 46.9 Å². The van der Waals surface area contributed by atoms with Crippen molar-refractivity contribution in [1.29, 1.82) is 5.26 Å². The average Bonchev–Trinajstić information content (AvgIpc) is 2.41. The number of rotatable bonds is 3. The summed E-state index contributed by atoms with van der Waals surface area (Å²) >= 11 is 9.56. The lowest BCUT2D eigenvalue weighted by Crippen LogP contribution is -2.10. The molecule has 0 amide bonds. The van der Waals surface area contributed by atoms with Crippen molar-refractivity contribution in [2.45, 2.75) is 13.0 Å². The first-order valence-corrected chi connectivity index (χ1v) is 6.95. The molecule has 0 bridgehead atoms. The van der Waals surface area contributed by atoms with Gasteiger partial charge >= 0.3 is 0 Å². The summed E-state index contributed by atoms with van der Waals surface area (Å²) in [7, 11) is 0. The van der Waals surface area contributed by atoms with Crippen LogP contribution in [-0.4, -0.2) is 0 Å². The zero-order valence-corrected chi connectivity index (χ0v) is 12.7. The third-order valence-electron chi connectivity index (χ3n) is 2.84. The Labute approximate surface area is 126 Å². The van der Waals surface area contributed by atoms with Crippen LogP contribution in [0, 0.1) is 18.3 Å². The maximum Gasteiger partial charge on any atom is 0.141 e. The van der Waals surface area contributed by atoms with E-state index in [0.717, 1.165) is 21.3 Å². The lowest BCUT2D eigenvalue weighted by molar-refractivity contribution is 0.992. The molecule has 2 nitrogen and oxygen atoms in total. The van der Waals surface area contributed by atoms with E-state index >= 15 is 0 Å². The summed E-state index contributed by atoms with van der Waals surface area (Å²) in [5.74, 6) is 0. The number of halogens is 2. The van der Waals surface area contributed by atoms with Crippen molar-refractivity contribution in [2.24, 2.45) is 0 Å². The van der Waals surface area contributed by atoms with Crippen molar-refractivity contribution in [2.75, 3.05) is 5.32 Å². The summed E-state index contributed by atoms with van der Waals surface area (Å²) in [5, 5.41) is 13.2. The van der Waals surface area contributed by atoms with Crippen molar-refractivity contribution >= 4 is 33.2 Å². The zero-order chi connectivity index (χ0) is 13.8. The van der Waals surface area contributed by atoms with Gasteiger partial charge in [-0.2, -0.15) is 5.26 Å². The predicted octanol–water partition coefficient (Wildman–Crippen LogP) is 5.09. The van der Waals surface area contributed by atoms with Crippen LogP contribution >= 0.6 is 27.5 Å². The third-order valence-corrected chi connectivity index (χ3v) is 3.68. The van der Waals surface area contributed by atoms with Gasteiger partial charge in [-0.1, -0.05) is 45.7 Å². The minimum absolute atomic E-state index is 0.480. The molecule has 0 saturated heterocycles. The second-order valence-electron chi connectivity index (χ2n) is 4.19. The Morgan fingerprint density at radius 2 is 2.00 bits per heavy atom. The van der Waals surface area contributed by atoms with Crippen LogP contribution in [0.25, 0.3) is 0 Å². The Morgan fingerprint density at radius 3 is 2.68 bits per heavy atom. The number of aryl methyl sites for hydroxylation is 1. The molecular weight excluding hydrogens is 324 g/mol. The number of nitrogens with zero attached hydrogens (tertiary/aromatic N) is 1. The molecule has 0 aliphatic heterocycles. The molecule has 2 aromatic carbocycles. The molecule has 1 N–H and O–H groups in total. The lowest BCUT2D eigenvalue weighted by atomic mass is 10.1. The van der Waals surface area contributed by atoms with Gasteiger partial charge in [-0.15, -0.1) is 0 Å². The average molecular weight is 336 g/mol. The van der Waals surface area contributed by atoms with Gasteiger partial charge in [0.05, 0.1) is 6.07 Å². The Bertz CT molecular complexity index is 634. The number of benzene rings is 2. The first kappa shape index (κ1) is 13.9. The second kappa shape index (κ2) is 6.10. The highest BCUT2D eigenvalue weighted by Gasteiger charge is 2.15. The minimum Gasteiger partial charge on any atom is -0.366 e. The summed E-state index contributed by atoms with van der Waals surface area (Å²) in [6.07, 6.45) is 0. The maximum atomic E-state index is 9.36. The van der Waals surface area contributed by atoms with E-state index < -0.39 is 6.04 Å². The lowest BCUT2D eigenvalue weighted by Gasteiger charge is -2.16. The number of para-hydroxylation sites is 1. The SMILES string of the molecule is Cc1ccccc1NC(C#N)c1cc(Br)ccc1Cl. The first-order valence-electron chi connectivity index (χ1n) is 5.78. The van der Waals surface area contributed by atoms with Crippen LogP contribution in [0.2, 0.25) is 5.02 Å². The molecule has 0 aliphatic rings. The highest BCUT2D eigenvalue weighted by Crippen LogP contribution is 2.29. The highest BCUT2D eigenvalue weighted by atomic mass is 79.9. The van der Waals surface area contributed by atoms with Crippen LogP contribution in [-0.2, 0) is 0 Å². The molecule has 2 aromatic rings. The van der Waals surface area contributed by atoms with E-state index in [1.165, 1.54) is 0 Å². The summed E-state index contributed by atoms with van der Waals surface area (Å²) in [6.45, 7) is 2.00. The van der Waals surface area contributed by atoms with E-state index in [1.807, 2.05) is 43.3 Å². The summed E-state index contributed by atoms with van der Waals surface area (Å²) in [5.41, 5.74) is 2.79. The van der Waals surface area contributed by atoms with E-state index in [4.69, 9.17) is 11.6 Å². The van der Waals surface area contributed by atoms with Crippen LogP contribution in [0.1, 0.15) is 17.2 Å². The Morgan fingerprint density at radius 1 is 1.26 bits per heavy atom. The minimum atomic E-state index is -0.480. The normalized spacial score (nSPS) is 11.7. The van der Waals surface area contributed by atoms with Gasteiger partial charge in [0.2, 0.25) is 0 Å². The van der Waals surface area contributed by atoms with E-state index in [9.17, 15) is 5.26 Å². The van der Waals surface area contributed by atoms with Gasteiger partial charge in [0.25, 0.3) is 0 Å². The van der Waals surface area contributed by atoms with Gasteiger partial charge in [-0.05, 0) is 36.8 Å². The van der Waals surface area contributed by atoms with Gasteiger partial charge in [-0.3, -0.25) is 0 Å². The molecule has 4 heteroatoms. The van der Waals surface area contributed by atoms with E-state index in [2.05, 4.69) is 27.3 Å². The van der Waals surface area contributed by atoms with Crippen molar-refractivity contribution in [3.63, 3.8) is 0 Å². The van der Waals surface area contributed by atoms with Gasteiger partial charge in [0.15, 0.2) is 0 Å². The summed E-state index contributed by atoms with van der Waals surface area (Å²) < 4.78 is 0.902. The summed E-state index contributed by atoms with van der Waals surface area (Å²) in [6, 6.07) is 15.1. The molecule has 0 saturated carbocycles. The molecule has 1 unspecified atom stereocenters. The van der Waals surface area contributed by atoms with Gasteiger partial charge in [0.1, 0.15) is 6.04 Å². The van der Waals surface area contributed by atoms with Crippen molar-refractivity contribution < 1.29 is 0 Å². The molecule has 19 heavy (non-hydrogen) atoms. The number of anilines is 1. The zero-order valence-electron chi connectivity index (χ0n) is 10.3. The molecular formula is C15H12BrClN2. The van der Waals surface area contributed by atoms with Crippen molar-refractivity contribution in [3.8, 4) is 6.07 Å². The number of hydrogen-bond donors (Lipinski definition) is 1. The highest BCUT2D eigenvalue weighted by molar-refractivity contribution is 9.10. The van der Waals surface area contributed by atoms with Crippen LogP contribution in [0.5, 0.6) is 0 Å². The van der Waals surface area contributed by atoms with Crippen LogP contribution in [0.3, 0.4) is 0 Å². The largest absolute Gasteiger partial charge is 0.366 e. The quantitative estimate of drug-likeness (QED) is 0.848.